The van der Waals surface area contributed by atoms with Crippen molar-refractivity contribution in [3.63, 3.8) is 0 Å². The van der Waals surface area contributed by atoms with Crippen LogP contribution in [-0.4, -0.2) is 57.3 Å². The number of rotatable bonds is 18. The summed E-state index contributed by atoms with van der Waals surface area (Å²) in [5.41, 5.74) is -0.667. The van der Waals surface area contributed by atoms with Gasteiger partial charge in [-0.3, -0.25) is 9.59 Å². The van der Waals surface area contributed by atoms with Crippen molar-refractivity contribution in [3.05, 3.63) is 12.2 Å². The van der Waals surface area contributed by atoms with Crippen molar-refractivity contribution in [2.45, 2.75) is 104 Å². The highest BCUT2D eigenvalue weighted by Gasteiger charge is 2.31. The van der Waals surface area contributed by atoms with Gasteiger partial charge in [0.15, 0.2) is 0 Å². The van der Waals surface area contributed by atoms with Crippen molar-refractivity contribution < 1.29 is 35.1 Å². The van der Waals surface area contributed by atoms with Gasteiger partial charge in [-0.15, -0.1) is 0 Å². The van der Waals surface area contributed by atoms with E-state index in [4.69, 9.17) is 20.4 Å². The highest BCUT2D eigenvalue weighted by molar-refractivity contribution is 5.71. The molecule has 1 aliphatic rings. The third-order valence-corrected chi connectivity index (χ3v) is 7.13. The Kier molecular flexibility index (Phi) is 19.0. The maximum absolute atomic E-state index is 11.6. The second-order valence-corrected chi connectivity index (χ2v) is 9.87. The zero-order chi connectivity index (χ0) is 25.8. The number of aliphatic hydroxyl groups is 3. The van der Waals surface area contributed by atoms with Crippen molar-refractivity contribution in [2.24, 2.45) is 23.2 Å². The van der Waals surface area contributed by atoms with Crippen LogP contribution >= 0.6 is 0 Å². The molecular weight excluding hydrogens is 436 g/mol. The molecule has 1 rings (SSSR count). The lowest BCUT2D eigenvalue weighted by Crippen LogP contribution is -2.32. The maximum atomic E-state index is 11.6. The van der Waals surface area contributed by atoms with E-state index in [1.807, 2.05) is 6.92 Å². The van der Waals surface area contributed by atoms with Crippen molar-refractivity contribution >= 4 is 11.9 Å². The van der Waals surface area contributed by atoms with E-state index in [0.29, 0.717) is 12.3 Å². The van der Waals surface area contributed by atoms with E-state index in [2.05, 4.69) is 19.1 Å². The van der Waals surface area contributed by atoms with Crippen LogP contribution in [0.25, 0.3) is 0 Å². The summed E-state index contributed by atoms with van der Waals surface area (Å²) in [4.78, 5) is 22.1. The van der Waals surface area contributed by atoms with E-state index < -0.39 is 17.4 Å². The Morgan fingerprint density at radius 1 is 0.794 bits per heavy atom. The molecule has 0 aromatic carbocycles. The molecule has 0 heterocycles. The van der Waals surface area contributed by atoms with Crippen molar-refractivity contribution in [1.29, 1.82) is 0 Å². The summed E-state index contributed by atoms with van der Waals surface area (Å²) >= 11 is 0. The fraction of sp³-hybridized carbons (Fsp3) is 0.852. The summed E-state index contributed by atoms with van der Waals surface area (Å²) in [6, 6.07) is 0. The van der Waals surface area contributed by atoms with Crippen LogP contribution in [0.4, 0.5) is 0 Å². The number of aliphatic carboxylic acids is 2. The fourth-order valence-electron chi connectivity index (χ4n) is 4.31. The van der Waals surface area contributed by atoms with Crippen LogP contribution in [0.5, 0.6) is 0 Å². The van der Waals surface area contributed by atoms with Crippen molar-refractivity contribution in [1.82, 2.24) is 0 Å². The first-order valence-corrected chi connectivity index (χ1v) is 13.2. The van der Waals surface area contributed by atoms with E-state index in [1.165, 1.54) is 19.3 Å². The molecule has 34 heavy (non-hydrogen) atoms. The van der Waals surface area contributed by atoms with E-state index in [0.717, 1.165) is 57.8 Å². The number of carbonyl (C=O) groups is 2. The Labute approximate surface area is 206 Å². The molecule has 3 unspecified atom stereocenters. The number of aliphatic hydroxyl groups excluding tert-OH is 3. The summed E-state index contributed by atoms with van der Waals surface area (Å²) < 4.78 is 0. The molecular formula is C27H50O7. The summed E-state index contributed by atoms with van der Waals surface area (Å²) in [6.45, 7) is 3.55. The predicted molar refractivity (Wildman–Crippen MR) is 135 cm³/mol. The normalized spacial score (nSPS) is 20.0. The molecule has 0 aliphatic heterocycles. The summed E-state index contributed by atoms with van der Waals surface area (Å²) in [5, 5.41) is 44.1. The van der Waals surface area contributed by atoms with Gasteiger partial charge in [-0.2, -0.15) is 0 Å². The fourth-order valence-corrected chi connectivity index (χ4v) is 4.31. The van der Waals surface area contributed by atoms with Crippen LogP contribution in [0.3, 0.4) is 0 Å². The van der Waals surface area contributed by atoms with Gasteiger partial charge >= 0.3 is 11.9 Å². The molecule has 0 saturated heterocycles. The number of unbranched alkanes of at least 4 members (excludes halogenated alkanes) is 7. The van der Waals surface area contributed by atoms with Gasteiger partial charge in [0.05, 0.1) is 25.7 Å². The first-order valence-electron chi connectivity index (χ1n) is 13.2. The van der Waals surface area contributed by atoms with Gasteiger partial charge in [-0.1, -0.05) is 77.4 Å². The Hall–Kier alpha value is -1.44. The largest absolute Gasteiger partial charge is 0.481 e. The third-order valence-electron chi connectivity index (χ3n) is 7.13. The first-order chi connectivity index (χ1) is 16.3. The number of hydrogen-bond donors (Lipinski definition) is 5. The molecule has 1 aliphatic carbocycles. The molecule has 0 aromatic heterocycles. The molecule has 0 amide bonds. The minimum Gasteiger partial charge on any atom is -0.481 e. The standard InChI is InChI=1S/C21H36O4.C6H14O3/c1-2-3-4-9-12-18-15-14-17(16-19(18)21(24)25)11-8-6-5-7-10-13-20(22)23;1-2-6(3-7,4-8)5-9/h14-15,17-19H,2-13,16H2,1H3,(H,22,23)(H,24,25);7-9H,2-5H2,1H3. The molecule has 0 radical (unpaired) electrons. The average molecular weight is 487 g/mol. The molecule has 0 spiro atoms. The highest BCUT2D eigenvalue weighted by atomic mass is 16.4. The molecule has 0 saturated carbocycles. The summed E-state index contributed by atoms with van der Waals surface area (Å²) in [6.07, 6.45) is 18.0. The Bertz CT molecular complexity index is 540. The monoisotopic (exact) mass is 486 g/mol. The number of allylic oxidation sites excluding steroid dienone is 2. The molecule has 0 bridgehead atoms. The maximum Gasteiger partial charge on any atom is 0.307 e. The summed E-state index contributed by atoms with van der Waals surface area (Å²) in [7, 11) is 0. The van der Waals surface area contributed by atoms with Crippen molar-refractivity contribution in [3.8, 4) is 0 Å². The molecule has 3 atom stereocenters. The molecule has 0 fully saturated rings. The van der Waals surface area contributed by atoms with Gasteiger partial charge in [-0.25, -0.2) is 0 Å². The van der Waals surface area contributed by atoms with Crippen LogP contribution in [0, 0.1) is 23.2 Å². The topological polar surface area (TPSA) is 135 Å². The average Bonchev–Trinajstić information content (AvgIpc) is 2.83. The number of carboxylic acids is 2. The molecule has 7 heteroatoms. The Morgan fingerprint density at radius 3 is 1.85 bits per heavy atom. The summed E-state index contributed by atoms with van der Waals surface area (Å²) in [5.74, 6) is -0.958. The smallest absolute Gasteiger partial charge is 0.307 e. The van der Waals surface area contributed by atoms with E-state index in [1.54, 1.807) is 0 Å². The minimum atomic E-state index is -0.712. The highest BCUT2D eigenvalue weighted by Crippen LogP contribution is 2.34. The van der Waals surface area contributed by atoms with Gasteiger partial charge in [0, 0.05) is 11.8 Å². The van der Waals surface area contributed by atoms with E-state index >= 15 is 0 Å². The van der Waals surface area contributed by atoms with Crippen LogP contribution in [0.15, 0.2) is 12.2 Å². The zero-order valence-electron chi connectivity index (χ0n) is 21.5. The Morgan fingerprint density at radius 2 is 1.35 bits per heavy atom. The van der Waals surface area contributed by atoms with Gasteiger partial charge in [0.2, 0.25) is 0 Å². The zero-order valence-corrected chi connectivity index (χ0v) is 21.5. The number of carboxylic acid groups (broad SMARTS) is 2. The van der Waals surface area contributed by atoms with Crippen LogP contribution in [0.2, 0.25) is 0 Å². The van der Waals surface area contributed by atoms with Crippen molar-refractivity contribution in [2.75, 3.05) is 19.8 Å². The van der Waals surface area contributed by atoms with Gasteiger partial charge < -0.3 is 25.5 Å². The van der Waals surface area contributed by atoms with E-state index in [9.17, 15) is 14.7 Å². The predicted octanol–water partition coefficient (Wildman–Crippen LogP) is 5.02. The third kappa shape index (κ3) is 14.1. The van der Waals surface area contributed by atoms with Gasteiger partial charge in [0.25, 0.3) is 0 Å². The first kappa shape index (κ1) is 32.6. The molecule has 200 valence electrons. The van der Waals surface area contributed by atoms with E-state index in [-0.39, 0.29) is 38.1 Å². The minimum absolute atomic E-state index is 0.156. The SMILES string of the molecule is CCC(CO)(CO)CO.CCCCCCC1C=CC(CCCCCCCC(=O)O)CC1C(=O)O. The molecule has 0 aromatic rings. The van der Waals surface area contributed by atoms with Crippen LogP contribution < -0.4 is 0 Å². The second kappa shape index (κ2) is 19.8. The lowest BCUT2D eigenvalue weighted by atomic mass is 9.75. The number of hydrogen-bond acceptors (Lipinski definition) is 5. The Balaban J connectivity index is 0.00000102. The lowest BCUT2D eigenvalue weighted by Gasteiger charge is -2.29. The lowest BCUT2D eigenvalue weighted by molar-refractivity contribution is -0.144. The van der Waals surface area contributed by atoms with Gasteiger partial charge in [0.1, 0.15) is 0 Å². The second-order valence-electron chi connectivity index (χ2n) is 9.87. The van der Waals surface area contributed by atoms with Crippen LogP contribution in [0.1, 0.15) is 104 Å². The molecule has 7 nitrogen and oxygen atoms in total. The van der Waals surface area contributed by atoms with Crippen LogP contribution in [-0.2, 0) is 9.59 Å². The quantitative estimate of drug-likeness (QED) is 0.135. The molecule has 5 N–H and O–H groups in total. The van der Waals surface area contributed by atoms with Gasteiger partial charge in [-0.05, 0) is 43.9 Å².